The maximum Gasteiger partial charge on any atom is 0.179 e. The van der Waals surface area contributed by atoms with Crippen LogP contribution in [0.25, 0.3) is 0 Å². The fraction of sp³-hybridized carbons (Fsp3) is 0.714. The van der Waals surface area contributed by atoms with Crippen LogP contribution in [0.15, 0.2) is 23.1 Å². The zero-order valence-corrected chi connectivity index (χ0v) is 18.1. The Morgan fingerprint density at radius 2 is 1.85 bits per heavy atom. The number of rotatable bonds is 10. The van der Waals surface area contributed by atoms with Gasteiger partial charge >= 0.3 is 0 Å². The molecule has 1 aromatic carbocycles. The standard InChI is InChI=1S/C21H34FNO3S/c1-20(2,3)23-12-6-11-21(4,5)15-27(24,25)17-9-10-18(22)19(13-17)26-14-16-7-8-16/h9-10,13,16,23H,6-8,11-12,14-15H2,1-5H3. The number of benzene rings is 1. The lowest BCUT2D eigenvalue weighted by molar-refractivity contribution is 0.284. The average molecular weight is 400 g/mol. The van der Waals surface area contributed by atoms with Gasteiger partial charge in [0.15, 0.2) is 21.4 Å². The maximum absolute atomic E-state index is 13.9. The fourth-order valence-corrected chi connectivity index (χ4v) is 4.88. The highest BCUT2D eigenvalue weighted by molar-refractivity contribution is 7.91. The van der Waals surface area contributed by atoms with Crippen LogP contribution < -0.4 is 10.1 Å². The lowest BCUT2D eigenvalue weighted by atomic mass is 9.90. The van der Waals surface area contributed by atoms with Crippen LogP contribution in [0.5, 0.6) is 5.75 Å². The molecule has 1 N–H and O–H groups in total. The van der Waals surface area contributed by atoms with E-state index < -0.39 is 15.7 Å². The van der Waals surface area contributed by atoms with Gasteiger partial charge in [0.05, 0.1) is 17.3 Å². The Kier molecular flexibility index (Phi) is 6.96. The second-order valence-corrected chi connectivity index (χ2v) is 11.5. The minimum absolute atomic E-state index is 0.0310. The van der Waals surface area contributed by atoms with Gasteiger partial charge in [0, 0.05) is 11.6 Å². The molecule has 0 spiro atoms. The van der Waals surface area contributed by atoms with Crippen LogP contribution in [-0.4, -0.2) is 32.9 Å². The van der Waals surface area contributed by atoms with Crippen molar-refractivity contribution in [1.82, 2.24) is 5.32 Å². The molecule has 1 aromatic rings. The summed E-state index contributed by atoms with van der Waals surface area (Å²) in [5, 5.41) is 3.42. The van der Waals surface area contributed by atoms with Crippen molar-refractivity contribution in [2.24, 2.45) is 11.3 Å². The van der Waals surface area contributed by atoms with Gasteiger partial charge < -0.3 is 10.1 Å². The van der Waals surface area contributed by atoms with E-state index in [0.717, 1.165) is 32.2 Å². The normalized spacial score (nSPS) is 15.8. The maximum atomic E-state index is 13.9. The van der Waals surface area contributed by atoms with Gasteiger partial charge in [-0.2, -0.15) is 0 Å². The quantitative estimate of drug-likeness (QED) is 0.462. The Balaban J connectivity index is 1.98. The van der Waals surface area contributed by atoms with Gasteiger partial charge in [-0.3, -0.25) is 0 Å². The monoisotopic (exact) mass is 399 g/mol. The van der Waals surface area contributed by atoms with Crippen molar-refractivity contribution in [3.8, 4) is 5.75 Å². The SMILES string of the molecule is CC(C)(CCCNC(C)(C)C)CS(=O)(=O)c1ccc(F)c(OCC2CC2)c1. The van der Waals surface area contributed by atoms with Gasteiger partial charge in [0.25, 0.3) is 0 Å². The van der Waals surface area contributed by atoms with E-state index in [-0.39, 0.29) is 27.4 Å². The van der Waals surface area contributed by atoms with Gasteiger partial charge in [-0.05, 0) is 76.5 Å². The summed E-state index contributed by atoms with van der Waals surface area (Å²) >= 11 is 0. The van der Waals surface area contributed by atoms with Gasteiger partial charge in [-0.15, -0.1) is 0 Å². The van der Waals surface area contributed by atoms with E-state index in [2.05, 4.69) is 26.1 Å². The molecule has 2 rings (SSSR count). The van der Waals surface area contributed by atoms with Crippen LogP contribution in [0.3, 0.4) is 0 Å². The minimum atomic E-state index is -3.51. The van der Waals surface area contributed by atoms with E-state index in [4.69, 9.17) is 4.74 Å². The van der Waals surface area contributed by atoms with Crippen LogP contribution in [0.4, 0.5) is 4.39 Å². The highest BCUT2D eigenvalue weighted by Gasteiger charge is 2.28. The van der Waals surface area contributed by atoms with Crippen molar-refractivity contribution < 1.29 is 17.5 Å². The predicted octanol–water partition coefficient (Wildman–Crippen LogP) is 4.58. The molecule has 154 valence electrons. The summed E-state index contributed by atoms with van der Waals surface area (Å²) in [5.74, 6) is 0.0334. The molecule has 0 radical (unpaired) electrons. The molecule has 1 saturated carbocycles. The zero-order chi connectivity index (χ0) is 20.3. The summed E-state index contributed by atoms with van der Waals surface area (Å²) in [6.45, 7) is 11.6. The number of nitrogens with one attached hydrogen (secondary N) is 1. The molecule has 1 aliphatic rings. The predicted molar refractivity (Wildman–Crippen MR) is 107 cm³/mol. The number of halogens is 1. The lowest BCUT2D eigenvalue weighted by Gasteiger charge is -2.26. The summed E-state index contributed by atoms with van der Waals surface area (Å²) in [6, 6.07) is 3.87. The summed E-state index contributed by atoms with van der Waals surface area (Å²) < 4.78 is 45.2. The van der Waals surface area contributed by atoms with E-state index in [0.29, 0.717) is 12.5 Å². The van der Waals surface area contributed by atoms with Gasteiger partial charge in [-0.1, -0.05) is 13.8 Å². The molecule has 0 saturated heterocycles. The molecule has 4 nitrogen and oxygen atoms in total. The van der Waals surface area contributed by atoms with E-state index in [1.165, 1.54) is 18.2 Å². The van der Waals surface area contributed by atoms with Crippen LogP contribution >= 0.6 is 0 Å². The van der Waals surface area contributed by atoms with Gasteiger partial charge in [-0.25, -0.2) is 12.8 Å². The lowest BCUT2D eigenvalue weighted by Crippen LogP contribution is -2.37. The molecular formula is C21H34FNO3S. The van der Waals surface area contributed by atoms with Crippen molar-refractivity contribution in [1.29, 1.82) is 0 Å². The summed E-state index contributed by atoms with van der Waals surface area (Å²) in [4.78, 5) is 0.135. The smallest absolute Gasteiger partial charge is 0.179 e. The summed E-state index contributed by atoms with van der Waals surface area (Å²) in [6.07, 6.45) is 3.89. The molecule has 1 aliphatic carbocycles. The first kappa shape index (κ1) is 22.2. The topological polar surface area (TPSA) is 55.4 Å². The van der Waals surface area contributed by atoms with E-state index in [1.54, 1.807) is 0 Å². The second-order valence-electron chi connectivity index (χ2n) is 9.55. The number of ether oxygens (including phenoxy) is 1. The highest BCUT2D eigenvalue weighted by Crippen LogP contribution is 2.32. The Bertz CT molecular complexity index is 734. The third kappa shape index (κ3) is 7.78. The molecule has 0 amide bonds. The Hall–Kier alpha value is -1.14. The van der Waals surface area contributed by atoms with Crippen LogP contribution in [0, 0.1) is 17.2 Å². The van der Waals surface area contributed by atoms with Crippen LogP contribution in [0.2, 0.25) is 0 Å². The van der Waals surface area contributed by atoms with Crippen LogP contribution in [0.1, 0.15) is 60.3 Å². The highest BCUT2D eigenvalue weighted by atomic mass is 32.2. The molecule has 1 fully saturated rings. The molecule has 27 heavy (non-hydrogen) atoms. The fourth-order valence-electron chi connectivity index (χ4n) is 2.98. The Morgan fingerprint density at radius 3 is 2.44 bits per heavy atom. The Labute approximate surface area is 163 Å². The number of hydrogen-bond donors (Lipinski definition) is 1. The first-order valence-electron chi connectivity index (χ1n) is 9.78. The second kappa shape index (κ2) is 8.48. The van der Waals surface area contributed by atoms with E-state index in [1.807, 2.05) is 13.8 Å². The zero-order valence-electron chi connectivity index (χ0n) is 17.3. The molecule has 0 atom stereocenters. The minimum Gasteiger partial charge on any atom is -0.490 e. The van der Waals surface area contributed by atoms with Crippen LogP contribution in [-0.2, 0) is 9.84 Å². The van der Waals surface area contributed by atoms with Crippen molar-refractivity contribution in [3.05, 3.63) is 24.0 Å². The molecule has 0 unspecified atom stereocenters. The summed E-state index contributed by atoms with van der Waals surface area (Å²) in [7, 11) is -3.51. The molecule has 0 aliphatic heterocycles. The Morgan fingerprint density at radius 1 is 1.19 bits per heavy atom. The van der Waals surface area contributed by atoms with E-state index >= 15 is 0 Å². The van der Waals surface area contributed by atoms with E-state index in [9.17, 15) is 12.8 Å². The van der Waals surface area contributed by atoms with Crippen molar-refractivity contribution in [3.63, 3.8) is 0 Å². The molecule has 6 heteroatoms. The first-order valence-corrected chi connectivity index (χ1v) is 11.4. The molecule has 0 bridgehead atoms. The van der Waals surface area contributed by atoms with Crippen molar-refractivity contribution >= 4 is 9.84 Å². The number of hydrogen-bond acceptors (Lipinski definition) is 4. The molecule has 0 aromatic heterocycles. The van der Waals surface area contributed by atoms with Gasteiger partial charge in [0.2, 0.25) is 0 Å². The third-order valence-corrected chi connectivity index (χ3v) is 6.83. The van der Waals surface area contributed by atoms with Gasteiger partial charge in [0.1, 0.15) is 0 Å². The largest absolute Gasteiger partial charge is 0.490 e. The average Bonchev–Trinajstić information content (AvgIpc) is 3.33. The third-order valence-electron chi connectivity index (χ3n) is 4.70. The summed E-state index contributed by atoms with van der Waals surface area (Å²) in [5.41, 5.74) is -0.303. The number of sulfone groups is 1. The van der Waals surface area contributed by atoms with Crippen molar-refractivity contribution in [2.45, 2.75) is 70.7 Å². The first-order chi connectivity index (χ1) is 12.4. The van der Waals surface area contributed by atoms with Crippen molar-refractivity contribution in [2.75, 3.05) is 18.9 Å². The molecule has 0 heterocycles. The molecular weight excluding hydrogens is 365 g/mol.